The van der Waals surface area contributed by atoms with Crippen molar-refractivity contribution in [1.82, 2.24) is 5.32 Å². The van der Waals surface area contributed by atoms with Crippen LogP contribution in [0.3, 0.4) is 0 Å². The zero-order chi connectivity index (χ0) is 15.3. The lowest BCUT2D eigenvalue weighted by Crippen LogP contribution is -2.55. The molecule has 114 valence electrons. The summed E-state index contributed by atoms with van der Waals surface area (Å²) >= 11 is 0. The summed E-state index contributed by atoms with van der Waals surface area (Å²) in [5.74, 6) is 0.160. The molecule has 1 aromatic rings. The predicted octanol–water partition coefficient (Wildman–Crippen LogP) is 3.32. The minimum absolute atomic E-state index is 0.225. The fraction of sp³-hybridized carbons (Fsp3) is 0.588. The summed E-state index contributed by atoms with van der Waals surface area (Å²) in [7, 11) is 0. The van der Waals surface area contributed by atoms with Gasteiger partial charge in [0.2, 0.25) is 0 Å². The van der Waals surface area contributed by atoms with Gasteiger partial charge in [0.15, 0.2) is 0 Å². The average molecular weight is 289 g/mol. The van der Waals surface area contributed by atoms with Gasteiger partial charge in [0.1, 0.15) is 11.4 Å². The van der Waals surface area contributed by atoms with Gasteiger partial charge < -0.3 is 4.90 Å². The number of para-hydroxylation sites is 1. The molecule has 4 heteroatoms. The van der Waals surface area contributed by atoms with Gasteiger partial charge in [-0.15, -0.1) is 0 Å². The Bertz CT molecular complexity index is 507. The van der Waals surface area contributed by atoms with Gasteiger partial charge in [-0.1, -0.05) is 19.1 Å². The summed E-state index contributed by atoms with van der Waals surface area (Å²) in [6, 6.07) is 9.29. The van der Waals surface area contributed by atoms with E-state index in [1.807, 2.05) is 17.9 Å². The molecule has 3 nitrogen and oxygen atoms in total. The third-order valence-corrected chi connectivity index (χ3v) is 4.18. The molecule has 1 fully saturated rings. The molecule has 1 aromatic carbocycles. The molecular formula is C17H24FN3. The lowest BCUT2D eigenvalue weighted by atomic mass is 9.93. The van der Waals surface area contributed by atoms with Crippen molar-refractivity contribution in [2.75, 3.05) is 24.5 Å². The van der Waals surface area contributed by atoms with Crippen LogP contribution in [0.15, 0.2) is 24.3 Å². The molecule has 0 spiro atoms. The summed E-state index contributed by atoms with van der Waals surface area (Å²) in [4.78, 5) is 1.97. The number of likely N-dealkylation sites (N-methyl/N-ethyl adjacent to an activating group) is 1. The largest absolute Gasteiger partial charge is 0.367 e. The minimum atomic E-state index is -0.561. The van der Waals surface area contributed by atoms with Crippen LogP contribution in [0.25, 0.3) is 0 Å². The van der Waals surface area contributed by atoms with Crippen LogP contribution in [0.2, 0.25) is 0 Å². The Morgan fingerprint density at radius 2 is 2.10 bits per heavy atom. The van der Waals surface area contributed by atoms with Gasteiger partial charge in [-0.2, -0.15) is 5.26 Å². The molecule has 0 amide bonds. The first-order valence-electron chi connectivity index (χ1n) is 7.82. The first-order chi connectivity index (χ1) is 10.2. The van der Waals surface area contributed by atoms with Gasteiger partial charge in [-0.05, 0) is 50.8 Å². The molecule has 1 atom stereocenters. The van der Waals surface area contributed by atoms with Crippen molar-refractivity contribution in [2.24, 2.45) is 5.92 Å². The van der Waals surface area contributed by atoms with Gasteiger partial charge >= 0.3 is 0 Å². The van der Waals surface area contributed by atoms with Crippen LogP contribution in [0.5, 0.6) is 0 Å². The second kappa shape index (κ2) is 6.91. The van der Waals surface area contributed by atoms with Crippen LogP contribution in [-0.4, -0.2) is 25.2 Å². The molecule has 1 aliphatic rings. The molecule has 0 radical (unpaired) electrons. The van der Waals surface area contributed by atoms with Gasteiger partial charge in [0, 0.05) is 13.1 Å². The number of rotatable bonds is 8. The Kier molecular flexibility index (Phi) is 5.19. The average Bonchev–Trinajstić information content (AvgIpc) is 3.34. The van der Waals surface area contributed by atoms with E-state index in [-0.39, 0.29) is 5.82 Å². The Labute approximate surface area is 126 Å². The van der Waals surface area contributed by atoms with E-state index in [0.717, 1.165) is 25.8 Å². The third kappa shape index (κ3) is 3.54. The van der Waals surface area contributed by atoms with Crippen LogP contribution in [0.1, 0.15) is 33.1 Å². The summed E-state index contributed by atoms with van der Waals surface area (Å²) in [6.07, 6.45) is 3.15. The van der Waals surface area contributed by atoms with Crippen molar-refractivity contribution in [2.45, 2.75) is 38.6 Å². The van der Waals surface area contributed by atoms with Gasteiger partial charge in [0.05, 0.1) is 11.8 Å². The fourth-order valence-electron chi connectivity index (χ4n) is 2.80. The molecule has 1 saturated carbocycles. The molecule has 1 unspecified atom stereocenters. The van der Waals surface area contributed by atoms with Crippen LogP contribution >= 0.6 is 0 Å². The summed E-state index contributed by atoms with van der Waals surface area (Å²) in [5.41, 5.74) is 0.0208. The number of hydrogen-bond donors (Lipinski definition) is 1. The number of halogens is 1. The summed E-state index contributed by atoms with van der Waals surface area (Å²) in [6.45, 7) is 6.13. The maximum absolute atomic E-state index is 14.0. The van der Waals surface area contributed by atoms with Crippen LogP contribution < -0.4 is 10.2 Å². The topological polar surface area (TPSA) is 39.1 Å². The highest BCUT2D eigenvalue weighted by Crippen LogP contribution is 2.40. The highest BCUT2D eigenvalue weighted by molar-refractivity contribution is 5.48. The Morgan fingerprint density at radius 3 is 2.62 bits per heavy atom. The lowest BCUT2D eigenvalue weighted by Gasteiger charge is -2.35. The molecule has 1 N–H and O–H groups in total. The smallest absolute Gasteiger partial charge is 0.146 e. The molecule has 0 heterocycles. The molecule has 21 heavy (non-hydrogen) atoms. The summed E-state index contributed by atoms with van der Waals surface area (Å²) in [5, 5.41) is 13.2. The van der Waals surface area contributed by atoms with Gasteiger partial charge in [-0.3, -0.25) is 5.32 Å². The standard InChI is InChI=1S/C17H24FN3/c1-3-11-20-17(12-19,14-9-10-14)13-21(4-2)16-8-6-5-7-15(16)18/h5-8,14,20H,3-4,9-11,13H2,1-2H3. The SMILES string of the molecule is CCCNC(C#N)(CN(CC)c1ccccc1F)C1CC1. The van der Waals surface area contributed by atoms with E-state index in [1.165, 1.54) is 6.07 Å². The maximum atomic E-state index is 14.0. The molecule has 0 aromatic heterocycles. The summed E-state index contributed by atoms with van der Waals surface area (Å²) < 4.78 is 14.0. The highest BCUT2D eigenvalue weighted by atomic mass is 19.1. The van der Waals surface area contributed by atoms with Crippen molar-refractivity contribution in [3.05, 3.63) is 30.1 Å². The van der Waals surface area contributed by atoms with E-state index in [4.69, 9.17) is 0 Å². The van der Waals surface area contributed by atoms with E-state index in [0.29, 0.717) is 24.7 Å². The number of benzene rings is 1. The molecule has 0 aliphatic heterocycles. The first kappa shape index (κ1) is 15.8. The quantitative estimate of drug-likeness (QED) is 0.798. The highest BCUT2D eigenvalue weighted by Gasteiger charge is 2.46. The normalized spacial score (nSPS) is 17.0. The Hall–Kier alpha value is -1.60. The first-order valence-corrected chi connectivity index (χ1v) is 7.82. The number of anilines is 1. The van der Waals surface area contributed by atoms with Crippen molar-refractivity contribution >= 4 is 5.69 Å². The van der Waals surface area contributed by atoms with Crippen LogP contribution in [0, 0.1) is 23.1 Å². The third-order valence-electron chi connectivity index (χ3n) is 4.18. The molecule has 1 aliphatic carbocycles. The van der Waals surface area contributed by atoms with E-state index in [1.54, 1.807) is 12.1 Å². The molecule has 0 bridgehead atoms. The van der Waals surface area contributed by atoms with Gasteiger partial charge in [0.25, 0.3) is 0 Å². The van der Waals surface area contributed by atoms with Crippen LogP contribution in [0.4, 0.5) is 10.1 Å². The zero-order valence-corrected chi connectivity index (χ0v) is 12.9. The Morgan fingerprint density at radius 1 is 1.38 bits per heavy atom. The van der Waals surface area contributed by atoms with E-state index in [2.05, 4.69) is 18.3 Å². The zero-order valence-electron chi connectivity index (χ0n) is 12.9. The molecule has 0 saturated heterocycles. The number of nitriles is 1. The van der Waals surface area contributed by atoms with Crippen molar-refractivity contribution in [3.8, 4) is 6.07 Å². The fourth-order valence-corrected chi connectivity index (χ4v) is 2.80. The van der Waals surface area contributed by atoms with Crippen molar-refractivity contribution in [3.63, 3.8) is 0 Å². The van der Waals surface area contributed by atoms with Crippen molar-refractivity contribution < 1.29 is 4.39 Å². The predicted molar refractivity (Wildman–Crippen MR) is 83.6 cm³/mol. The van der Waals surface area contributed by atoms with Gasteiger partial charge in [-0.25, -0.2) is 4.39 Å². The Balaban J connectivity index is 2.21. The molecule has 2 rings (SSSR count). The monoisotopic (exact) mass is 289 g/mol. The molecular weight excluding hydrogens is 265 g/mol. The lowest BCUT2D eigenvalue weighted by molar-refractivity contribution is 0.364. The van der Waals surface area contributed by atoms with E-state index < -0.39 is 5.54 Å². The minimum Gasteiger partial charge on any atom is -0.367 e. The number of nitrogens with one attached hydrogen (secondary N) is 1. The maximum Gasteiger partial charge on any atom is 0.146 e. The number of nitrogens with zero attached hydrogens (tertiary/aromatic N) is 2. The van der Waals surface area contributed by atoms with E-state index in [9.17, 15) is 9.65 Å². The van der Waals surface area contributed by atoms with Crippen molar-refractivity contribution in [1.29, 1.82) is 5.26 Å². The number of hydrogen-bond acceptors (Lipinski definition) is 3. The second-order valence-electron chi connectivity index (χ2n) is 5.75. The van der Waals surface area contributed by atoms with Crippen LogP contribution in [-0.2, 0) is 0 Å². The van der Waals surface area contributed by atoms with E-state index >= 15 is 0 Å². The second-order valence-corrected chi connectivity index (χ2v) is 5.75.